The van der Waals surface area contributed by atoms with Crippen molar-refractivity contribution in [2.75, 3.05) is 13.6 Å². The van der Waals surface area contributed by atoms with Crippen molar-refractivity contribution >= 4 is 23.1 Å². The number of aromatic nitrogens is 2. The summed E-state index contributed by atoms with van der Waals surface area (Å²) in [6.07, 6.45) is 5.69. The van der Waals surface area contributed by atoms with Crippen LogP contribution < -0.4 is 5.73 Å². The van der Waals surface area contributed by atoms with Gasteiger partial charge in [-0.15, -0.1) is 0 Å². The van der Waals surface area contributed by atoms with Crippen LogP contribution in [0.3, 0.4) is 0 Å². The van der Waals surface area contributed by atoms with Gasteiger partial charge >= 0.3 is 0 Å². The molecule has 21 heavy (non-hydrogen) atoms. The zero-order valence-electron chi connectivity index (χ0n) is 12.9. The summed E-state index contributed by atoms with van der Waals surface area (Å²) in [5, 5.41) is 0. The molecule has 6 heteroatoms. The second-order valence-corrected chi connectivity index (χ2v) is 6.22. The molecule has 2 rings (SSSR count). The molecule has 0 unspecified atom stereocenters. The normalized spacial score (nSPS) is 13.8. The molecular weight excluding hydrogens is 284 g/mol. The minimum Gasteiger partial charge on any atom is -0.393 e. The Bertz CT molecular complexity index is 538. The number of thiocarbonyl (C=S) groups is 1. The molecule has 0 spiro atoms. The van der Waals surface area contributed by atoms with Crippen LogP contribution in [0, 0.1) is 6.92 Å². The predicted molar refractivity (Wildman–Crippen MR) is 87.3 cm³/mol. The molecule has 116 valence electrons. The summed E-state index contributed by atoms with van der Waals surface area (Å²) in [6.45, 7) is 3.33. The van der Waals surface area contributed by atoms with Crippen LogP contribution in [0.1, 0.15) is 42.9 Å². The topological polar surface area (TPSA) is 64.2 Å². The van der Waals surface area contributed by atoms with Gasteiger partial charge in [-0.3, -0.25) is 4.79 Å². The van der Waals surface area contributed by atoms with Gasteiger partial charge < -0.3 is 15.2 Å². The average molecular weight is 308 g/mol. The molecule has 1 aromatic rings. The summed E-state index contributed by atoms with van der Waals surface area (Å²) >= 11 is 4.84. The zero-order valence-corrected chi connectivity index (χ0v) is 13.7. The van der Waals surface area contributed by atoms with Gasteiger partial charge in [0, 0.05) is 38.7 Å². The lowest BCUT2D eigenvalue weighted by atomic mass is 10.0. The monoisotopic (exact) mass is 308 g/mol. The maximum Gasteiger partial charge on any atom is 0.224 e. The number of imidazole rings is 1. The Kier molecular flexibility index (Phi) is 5.33. The Labute approximate surface area is 131 Å². The number of hydrogen-bond donors (Lipinski definition) is 1. The Morgan fingerprint density at radius 2 is 2.10 bits per heavy atom. The molecule has 0 atom stereocenters. The van der Waals surface area contributed by atoms with E-state index in [-0.39, 0.29) is 5.91 Å². The van der Waals surface area contributed by atoms with E-state index in [9.17, 15) is 4.79 Å². The van der Waals surface area contributed by atoms with Crippen molar-refractivity contribution in [1.29, 1.82) is 0 Å². The molecule has 0 aliphatic heterocycles. The maximum atomic E-state index is 12.1. The molecule has 0 saturated heterocycles. The first-order valence-corrected chi connectivity index (χ1v) is 7.97. The van der Waals surface area contributed by atoms with Gasteiger partial charge in [0.2, 0.25) is 5.91 Å². The molecule has 0 aromatic carbocycles. The molecule has 1 aromatic heterocycles. The number of nitrogens with two attached hydrogens (primary N) is 1. The van der Waals surface area contributed by atoms with Gasteiger partial charge in [0.25, 0.3) is 0 Å². The minimum absolute atomic E-state index is 0.129. The third-order valence-electron chi connectivity index (χ3n) is 4.09. The lowest BCUT2D eigenvalue weighted by molar-refractivity contribution is -0.130. The first kappa shape index (κ1) is 15.9. The Hall–Kier alpha value is -1.43. The number of hydrogen-bond acceptors (Lipinski definition) is 3. The molecule has 1 aliphatic carbocycles. The molecule has 1 amide bonds. The average Bonchev–Trinajstić information content (AvgIpc) is 2.77. The number of fused-ring (bicyclic) bond motifs is 1. The second kappa shape index (κ2) is 7.02. The van der Waals surface area contributed by atoms with E-state index in [1.807, 2.05) is 6.92 Å². The minimum atomic E-state index is 0.129. The Morgan fingerprint density at radius 1 is 1.38 bits per heavy atom. The molecule has 1 heterocycles. The van der Waals surface area contributed by atoms with Crippen LogP contribution in [-0.4, -0.2) is 38.9 Å². The van der Waals surface area contributed by atoms with Gasteiger partial charge in [-0.05, 0) is 32.6 Å². The van der Waals surface area contributed by atoms with Crippen molar-refractivity contribution in [2.24, 2.45) is 5.73 Å². The second-order valence-electron chi connectivity index (χ2n) is 5.69. The number of amides is 1. The largest absolute Gasteiger partial charge is 0.393 e. The standard InChI is InChI=1S/C15H24N4OS/c1-11-17-12-5-3-4-6-13(12)19(11)10-8-15(20)18(2)9-7-14(16)21/h3-10H2,1-2H3,(H2,16,21). The molecule has 0 saturated carbocycles. The van der Waals surface area contributed by atoms with Gasteiger partial charge in [-0.25, -0.2) is 4.98 Å². The highest BCUT2D eigenvalue weighted by molar-refractivity contribution is 7.80. The number of aryl methyl sites for hydroxylation is 2. The van der Waals surface area contributed by atoms with Crippen LogP contribution in [0.15, 0.2) is 0 Å². The van der Waals surface area contributed by atoms with Crippen molar-refractivity contribution in [3.05, 3.63) is 17.2 Å². The van der Waals surface area contributed by atoms with Gasteiger partial charge in [0.15, 0.2) is 0 Å². The molecule has 0 radical (unpaired) electrons. The number of rotatable bonds is 6. The summed E-state index contributed by atoms with van der Waals surface area (Å²) in [6, 6.07) is 0. The van der Waals surface area contributed by atoms with E-state index >= 15 is 0 Å². The van der Waals surface area contributed by atoms with Crippen LogP contribution in [0.25, 0.3) is 0 Å². The highest BCUT2D eigenvalue weighted by Crippen LogP contribution is 2.22. The van der Waals surface area contributed by atoms with E-state index in [1.54, 1.807) is 11.9 Å². The fraction of sp³-hybridized carbons (Fsp3) is 0.667. The van der Waals surface area contributed by atoms with Crippen LogP contribution in [0.2, 0.25) is 0 Å². The third-order valence-corrected chi connectivity index (χ3v) is 4.30. The van der Waals surface area contributed by atoms with Crippen molar-refractivity contribution in [1.82, 2.24) is 14.5 Å². The molecule has 0 fully saturated rings. The van der Waals surface area contributed by atoms with E-state index < -0.39 is 0 Å². The molecule has 0 bridgehead atoms. The summed E-state index contributed by atoms with van der Waals surface area (Å²) in [7, 11) is 1.80. The van der Waals surface area contributed by atoms with E-state index in [0.29, 0.717) is 30.9 Å². The molecule has 2 N–H and O–H groups in total. The first-order valence-electron chi connectivity index (χ1n) is 7.56. The molecule has 1 aliphatic rings. The van der Waals surface area contributed by atoms with Gasteiger partial charge in [-0.1, -0.05) is 12.2 Å². The quantitative estimate of drug-likeness (QED) is 0.811. The lowest BCUT2D eigenvalue weighted by Gasteiger charge is -2.18. The smallest absolute Gasteiger partial charge is 0.224 e. The zero-order chi connectivity index (χ0) is 15.4. The summed E-state index contributed by atoms with van der Waals surface area (Å²) in [5.74, 6) is 1.16. The highest BCUT2D eigenvalue weighted by atomic mass is 32.1. The van der Waals surface area contributed by atoms with E-state index in [1.165, 1.54) is 24.2 Å². The lowest BCUT2D eigenvalue weighted by Crippen LogP contribution is -2.30. The van der Waals surface area contributed by atoms with Gasteiger partial charge in [0.1, 0.15) is 5.82 Å². The predicted octanol–water partition coefficient (Wildman–Crippen LogP) is 1.60. The maximum absolute atomic E-state index is 12.1. The van der Waals surface area contributed by atoms with E-state index in [0.717, 1.165) is 18.7 Å². The van der Waals surface area contributed by atoms with Crippen molar-refractivity contribution in [3.63, 3.8) is 0 Å². The Balaban J connectivity index is 1.92. The van der Waals surface area contributed by atoms with E-state index in [2.05, 4.69) is 9.55 Å². The summed E-state index contributed by atoms with van der Waals surface area (Å²) < 4.78 is 2.22. The van der Waals surface area contributed by atoms with Crippen LogP contribution in [-0.2, 0) is 24.2 Å². The van der Waals surface area contributed by atoms with Gasteiger partial charge in [-0.2, -0.15) is 0 Å². The number of carbonyl (C=O) groups is 1. The Morgan fingerprint density at radius 3 is 2.81 bits per heavy atom. The molecule has 5 nitrogen and oxygen atoms in total. The van der Waals surface area contributed by atoms with Crippen LogP contribution in [0.4, 0.5) is 0 Å². The molecular formula is C15H24N4OS. The van der Waals surface area contributed by atoms with Crippen LogP contribution >= 0.6 is 12.2 Å². The number of carbonyl (C=O) groups excluding carboxylic acids is 1. The van der Waals surface area contributed by atoms with E-state index in [4.69, 9.17) is 18.0 Å². The summed E-state index contributed by atoms with van der Waals surface area (Å²) in [4.78, 5) is 18.9. The number of nitrogens with zero attached hydrogens (tertiary/aromatic N) is 3. The third kappa shape index (κ3) is 4.03. The fourth-order valence-corrected chi connectivity index (χ4v) is 2.92. The van der Waals surface area contributed by atoms with Crippen LogP contribution in [0.5, 0.6) is 0 Å². The van der Waals surface area contributed by atoms with Crippen molar-refractivity contribution in [3.8, 4) is 0 Å². The first-order chi connectivity index (χ1) is 9.99. The van der Waals surface area contributed by atoms with Gasteiger partial charge in [0.05, 0.1) is 10.7 Å². The fourth-order valence-electron chi connectivity index (χ4n) is 2.83. The van der Waals surface area contributed by atoms with Crippen molar-refractivity contribution in [2.45, 2.75) is 52.0 Å². The SMILES string of the molecule is Cc1nc2c(n1CCC(=O)N(C)CCC(N)=S)CCCC2. The summed E-state index contributed by atoms with van der Waals surface area (Å²) in [5.41, 5.74) is 8.03. The highest BCUT2D eigenvalue weighted by Gasteiger charge is 2.19. The van der Waals surface area contributed by atoms with Crippen molar-refractivity contribution < 1.29 is 4.79 Å².